The Balaban J connectivity index is 2.30. The molecule has 2 aliphatic rings. The van der Waals surface area contributed by atoms with Crippen LogP contribution in [0.5, 0.6) is 0 Å². The number of carboxylic acid groups (broad SMARTS) is 1. The highest BCUT2D eigenvalue weighted by atomic mass is 16.6. The van der Waals surface area contributed by atoms with Gasteiger partial charge in [0.2, 0.25) is 5.60 Å². The zero-order valence-electron chi connectivity index (χ0n) is 11.3. The minimum atomic E-state index is -1.34. The Morgan fingerprint density at radius 3 is 2.68 bits per heavy atom. The summed E-state index contributed by atoms with van der Waals surface area (Å²) in [6.07, 6.45) is 1.06. The molecule has 19 heavy (non-hydrogen) atoms. The van der Waals surface area contributed by atoms with E-state index in [1.807, 2.05) is 6.92 Å². The van der Waals surface area contributed by atoms with Crippen LogP contribution >= 0.6 is 0 Å². The molecule has 6 heteroatoms. The topological polar surface area (TPSA) is 89.9 Å². The predicted molar refractivity (Wildman–Crippen MR) is 63.1 cm³/mol. The Morgan fingerprint density at radius 1 is 1.47 bits per heavy atom. The van der Waals surface area contributed by atoms with Gasteiger partial charge in [-0.1, -0.05) is 20.8 Å². The van der Waals surface area contributed by atoms with Crippen LogP contribution in [-0.4, -0.2) is 35.2 Å². The summed E-state index contributed by atoms with van der Waals surface area (Å²) >= 11 is 0. The molecular formula is C13H18O6. The van der Waals surface area contributed by atoms with Gasteiger partial charge in [-0.15, -0.1) is 0 Å². The van der Waals surface area contributed by atoms with E-state index in [0.717, 1.165) is 0 Å². The van der Waals surface area contributed by atoms with Gasteiger partial charge in [0.1, 0.15) is 0 Å². The van der Waals surface area contributed by atoms with E-state index in [4.69, 9.17) is 14.6 Å². The van der Waals surface area contributed by atoms with E-state index in [9.17, 15) is 14.4 Å². The normalized spacial score (nSPS) is 35.6. The van der Waals surface area contributed by atoms with Crippen LogP contribution in [0.2, 0.25) is 0 Å². The minimum absolute atomic E-state index is 0.144. The quantitative estimate of drug-likeness (QED) is 0.769. The number of esters is 2. The van der Waals surface area contributed by atoms with Gasteiger partial charge < -0.3 is 14.6 Å². The lowest BCUT2D eigenvalue weighted by molar-refractivity contribution is -0.186. The molecule has 2 fully saturated rings. The van der Waals surface area contributed by atoms with E-state index < -0.39 is 29.6 Å². The average Bonchev–Trinajstić information content (AvgIpc) is 2.41. The summed E-state index contributed by atoms with van der Waals surface area (Å²) < 4.78 is 10.1. The first-order chi connectivity index (χ1) is 8.72. The number of carbonyl (C=O) groups is 3. The number of fused-ring (bicyclic) bond motifs is 2. The largest absolute Gasteiger partial charge is 0.479 e. The Hall–Kier alpha value is -1.59. The molecule has 1 aliphatic carbocycles. The maximum Gasteiger partial charge on any atom is 0.351 e. The minimum Gasteiger partial charge on any atom is -0.479 e. The van der Waals surface area contributed by atoms with Crippen LogP contribution in [0.1, 0.15) is 33.6 Å². The molecule has 6 nitrogen and oxygen atoms in total. The fourth-order valence-corrected chi connectivity index (χ4v) is 3.48. The molecule has 0 spiro atoms. The molecule has 3 atom stereocenters. The van der Waals surface area contributed by atoms with Crippen molar-refractivity contribution in [2.24, 2.45) is 17.3 Å². The van der Waals surface area contributed by atoms with Crippen LogP contribution in [0.15, 0.2) is 0 Å². The van der Waals surface area contributed by atoms with Gasteiger partial charge in [0, 0.05) is 5.41 Å². The fraction of sp³-hybridized carbons (Fsp3) is 0.769. The summed E-state index contributed by atoms with van der Waals surface area (Å²) in [7, 11) is 0. The maximum atomic E-state index is 12.2. The van der Waals surface area contributed by atoms with Gasteiger partial charge in [-0.3, -0.25) is 4.79 Å². The molecule has 1 saturated heterocycles. The van der Waals surface area contributed by atoms with Gasteiger partial charge in [-0.2, -0.15) is 0 Å². The fourth-order valence-electron chi connectivity index (χ4n) is 3.48. The van der Waals surface area contributed by atoms with Gasteiger partial charge in [-0.05, 0) is 18.8 Å². The van der Waals surface area contributed by atoms with Gasteiger partial charge in [0.15, 0.2) is 6.61 Å². The van der Waals surface area contributed by atoms with E-state index in [-0.39, 0.29) is 17.8 Å². The average molecular weight is 270 g/mol. The first-order valence-corrected chi connectivity index (χ1v) is 6.34. The van der Waals surface area contributed by atoms with Gasteiger partial charge in [-0.25, -0.2) is 9.59 Å². The Bertz CT molecular complexity index is 440. The molecule has 0 radical (unpaired) electrons. The lowest BCUT2D eigenvalue weighted by Crippen LogP contribution is -2.55. The second kappa shape index (κ2) is 4.21. The molecule has 0 aromatic carbocycles. The molecule has 2 rings (SSSR count). The summed E-state index contributed by atoms with van der Waals surface area (Å²) in [5.74, 6) is -2.57. The molecule has 1 aliphatic heterocycles. The molecule has 1 saturated carbocycles. The maximum absolute atomic E-state index is 12.2. The molecule has 1 N–H and O–H groups in total. The predicted octanol–water partition coefficient (Wildman–Crippen LogP) is 0.982. The van der Waals surface area contributed by atoms with Crippen LogP contribution in [-0.2, 0) is 23.9 Å². The summed E-state index contributed by atoms with van der Waals surface area (Å²) in [5, 5.41) is 8.57. The van der Waals surface area contributed by atoms with E-state index in [1.54, 1.807) is 13.8 Å². The number of hydrogen-bond donors (Lipinski definition) is 1. The number of hydrogen-bond acceptors (Lipinski definition) is 5. The van der Waals surface area contributed by atoms with E-state index >= 15 is 0 Å². The number of ether oxygens (including phenoxy) is 2. The van der Waals surface area contributed by atoms with Crippen LogP contribution in [0.25, 0.3) is 0 Å². The van der Waals surface area contributed by atoms with Crippen molar-refractivity contribution in [3.63, 3.8) is 0 Å². The monoisotopic (exact) mass is 270 g/mol. The molecule has 106 valence electrons. The number of carbonyl (C=O) groups excluding carboxylic acids is 2. The third-order valence-electron chi connectivity index (χ3n) is 4.52. The Morgan fingerprint density at radius 2 is 2.11 bits per heavy atom. The van der Waals surface area contributed by atoms with E-state index in [1.165, 1.54) is 0 Å². The zero-order valence-corrected chi connectivity index (χ0v) is 11.3. The SMILES string of the molecule is CC1CCC2(C(=O)OCC(=O)O)OC(=O)C1C2(C)C. The number of carboxylic acids is 1. The molecule has 1 heterocycles. The van der Waals surface area contributed by atoms with Crippen LogP contribution in [0.3, 0.4) is 0 Å². The highest BCUT2D eigenvalue weighted by molar-refractivity contribution is 5.91. The third kappa shape index (κ3) is 1.81. The van der Waals surface area contributed by atoms with Crippen molar-refractivity contribution in [2.45, 2.75) is 39.2 Å². The van der Waals surface area contributed by atoms with E-state index in [0.29, 0.717) is 12.8 Å². The summed E-state index contributed by atoms with van der Waals surface area (Å²) in [6.45, 7) is 4.86. The molecule has 3 unspecified atom stereocenters. The smallest absolute Gasteiger partial charge is 0.351 e. The third-order valence-corrected chi connectivity index (χ3v) is 4.52. The Kier molecular flexibility index (Phi) is 3.07. The molecular weight excluding hydrogens is 252 g/mol. The van der Waals surface area contributed by atoms with Crippen molar-refractivity contribution in [3.8, 4) is 0 Å². The summed E-state index contributed by atoms with van der Waals surface area (Å²) in [4.78, 5) is 34.7. The van der Waals surface area contributed by atoms with Gasteiger partial charge >= 0.3 is 17.9 Å². The lowest BCUT2D eigenvalue weighted by atomic mass is 9.58. The molecule has 0 aromatic heterocycles. The molecule has 0 amide bonds. The van der Waals surface area contributed by atoms with Crippen molar-refractivity contribution in [1.29, 1.82) is 0 Å². The highest BCUT2D eigenvalue weighted by Gasteiger charge is 2.69. The number of aliphatic carboxylic acids is 1. The lowest BCUT2D eigenvalue weighted by Gasteiger charge is -2.43. The standard InChI is InChI=1S/C13H18O6/c1-7-4-5-13(11(17)18-6-8(14)15)12(2,3)9(7)10(16)19-13/h7,9H,4-6H2,1-3H3,(H,14,15). The highest BCUT2D eigenvalue weighted by Crippen LogP contribution is 2.58. The second-order valence-corrected chi connectivity index (χ2v) is 5.93. The van der Waals surface area contributed by atoms with Crippen LogP contribution in [0.4, 0.5) is 0 Å². The van der Waals surface area contributed by atoms with Gasteiger partial charge in [0.05, 0.1) is 5.92 Å². The first kappa shape index (κ1) is 13.8. The second-order valence-electron chi connectivity index (χ2n) is 5.93. The van der Waals surface area contributed by atoms with Crippen LogP contribution in [0, 0.1) is 17.3 Å². The molecule has 2 bridgehead atoms. The number of rotatable bonds is 3. The zero-order chi connectivity index (χ0) is 14.4. The van der Waals surface area contributed by atoms with Crippen LogP contribution < -0.4 is 0 Å². The van der Waals surface area contributed by atoms with Crippen molar-refractivity contribution >= 4 is 17.9 Å². The summed E-state index contributed by atoms with van der Waals surface area (Å²) in [5.41, 5.74) is -2.02. The first-order valence-electron chi connectivity index (χ1n) is 6.34. The van der Waals surface area contributed by atoms with Gasteiger partial charge in [0.25, 0.3) is 0 Å². The van der Waals surface area contributed by atoms with Crippen molar-refractivity contribution in [2.75, 3.05) is 6.61 Å². The summed E-state index contributed by atoms with van der Waals surface area (Å²) in [6, 6.07) is 0. The van der Waals surface area contributed by atoms with Crippen molar-refractivity contribution in [3.05, 3.63) is 0 Å². The van der Waals surface area contributed by atoms with Crippen molar-refractivity contribution in [1.82, 2.24) is 0 Å². The molecule has 0 aromatic rings. The van der Waals surface area contributed by atoms with Crippen molar-refractivity contribution < 1.29 is 29.0 Å². The Labute approximate surface area is 111 Å². The van der Waals surface area contributed by atoms with E-state index in [2.05, 4.69) is 0 Å².